The summed E-state index contributed by atoms with van der Waals surface area (Å²) in [5.74, 6) is 1.25. The van der Waals surface area contributed by atoms with Gasteiger partial charge in [-0.2, -0.15) is 0 Å². The smallest absolute Gasteiger partial charge is 0.189 e. The number of nitrogens with zero attached hydrogens (tertiary/aromatic N) is 1. The second-order valence-corrected chi connectivity index (χ2v) is 6.02. The predicted molar refractivity (Wildman–Crippen MR) is 112 cm³/mol. The molecule has 1 aliphatic heterocycles. The lowest BCUT2D eigenvalue weighted by Crippen LogP contribution is -2.38. The summed E-state index contributed by atoms with van der Waals surface area (Å²) in [6.07, 6.45) is -0.0360. The van der Waals surface area contributed by atoms with E-state index in [1.165, 1.54) is 24.3 Å². The van der Waals surface area contributed by atoms with E-state index in [4.69, 9.17) is 15.2 Å². The topological polar surface area (TPSA) is 89.1 Å². The largest absolute Gasteiger partial charge is 0.493 e. The van der Waals surface area contributed by atoms with Gasteiger partial charge in [0.15, 0.2) is 5.96 Å². The Hall–Kier alpha value is -2.07. The zero-order chi connectivity index (χ0) is 18.4. The van der Waals surface area contributed by atoms with Crippen LogP contribution in [0.2, 0.25) is 0 Å². The monoisotopic (exact) mass is 487 g/mol. The lowest BCUT2D eigenvalue weighted by atomic mass is 10.0. The molecule has 0 fully saturated rings. The second-order valence-electron chi connectivity index (χ2n) is 6.02. The maximum Gasteiger partial charge on any atom is 0.189 e. The van der Waals surface area contributed by atoms with Crippen LogP contribution in [-0.4, -0.2) is 36.9 Å². The standard InChI is InChI=1S/C19H22FN3O3.HI/c20-13-5-7-15(8-6-13)26-12-14(24)11-22-19(21)23-17-9-10-25-18-4-2-1-3-16(17)18;/h1-8,14,17,24H,9-12H2,(H3,21,22,23);1H. The van der Waals surface area contributed by atoms with Crippen LogP contribution in [0.25, 0.3) is 0 Å². The lowest BCUT2D eigenvalue weighted by Gasteiger charge is -2.27. The third kappa shape index (κ3) is 6.24. The fraction of sp³-hybridized carbons (Fsp3) is 0.316. The van der Waals surface area contributed by atoms with Crippen molar-refractivity contribution in [1.29, 1.82) is 0 Å². The van der Waals surface area contributed by atoms with Gasteiger partial charge in [0.05, 0.1) is 19.2 Å². The summed E-state index contributed by atoms with van der Waals surface area (Å²) in [7, 11) is 0. The number of benzene rings is 2. The number of fused-ring (bicyclic) bond motifs is 1. The first kappa shape index (κ1) is 21.2. The summed E-state index contributed by atoms with van der Waals surface area (Å²) >= 11 is 0. The van der Waals surface area contributed by atoms with E-state index < -0.39 is 6.10 Å². The van der Waals surface area contributed by atoms with Crippen LogP contribution in [0, 0.1) is 5.82 Å². The minimum atomic E-state index is -0.817. The molecule has 3 rings (SSSR count). The molecule has 2 unspecified atom stereocenters. The van der Waals surface area contributed by atoms with Crippen molar-refractivity contribution in [2.24, 2.45) is 10.7 Å². The number of nitrogens with one attached hydrogen (secondary N) is 1. The van der Waals surface area contributed by atoms with Crippen molar-refractivity contribution in [2.45, 2.75) is 18.6 Å². The third-order valence-corrected chi connectivity index (χ3v) is 4.01. The van der Waals surface area contributed by atoms with Gasteiger partial charge in [0.2, 0.25) is 0 Å². The molecule has 0 aliphatic carbocycles. The van der Waals surface area contributed by atoms with Crippen LogP contribution in [0.3, 0.4) is 0 Å². The summed E-state index contributed by atoms with van der Waals surface area (Å²) in [5, 5.41) is 13.1. The molecule has 0 spiro atoms. The molecule has 0 bridgehead atoms. The zero-order valence-electron chi connectivity index (χ0n) is 14.7. The lowest BCUT2D eigenvalue weighted by molar-refractivity contribution is 0.114. The number of ether oxygens (including phenoxy) is 2. The van der Waals surface area contributed by atoms with E-state index >= 15 is 0 Å². The van der Waals surface area contributed by atoms with Gasteiger partial charge in [-0.3, -0.25) is 4.99 Å². The highest BCUT2D eigenvalue weighted by molar-refractivity contribution is 14.0. The van der Waals surface area contributed by atoms with Gasteiger partial charge in [-0.1, -0.05) is 18.2 Å². The van der Waals surface area contributed by atoms with Gasteiger partial charge >= 0.3 is 0 Å². The summed E-state index contributed by atoms with van der Waals surface area (Å²) in [6, 6.07) is 13.4. The molecule has 8 heteroatoms. The molecule has 0 amide bonds. The highest BCUT2D eigenvalue weighted by atomic mass is 127. The normalized spacial score (nSPS) is 17.1. The van der Waals surface area contributed by atoms with Gasteiger partial charge < -0.3 is 25.6 Å². The van der Waals surface area contributed by atoms with E-state index in [0.717, 1.165) is 17.7 Å². The molecular formula is C19H23FIN3O3. The molecule has 146 valence electrons. The Bertz CT molecular complexity index is 758. The number of rotatable bonds is 6. The second kappa shape index (κ2) is 10.3. The van der Waals surface area contributed by atoms with E-state index in [2.05, 4.69) is 10.3 Å². The maximum atomic E-state index is 12.8. The van der Waals surface area contributed by atoms with Gasteiger partial charge in [0, 0.05) is 12.0 Å². The van der Waals surface area contributed by atoms with Crippen LogP contribution in [0.4, 0.5) is 4.39 Å². The Morgan fingerprint density at radius 1 is 1.30 bits per heavy atom. The number of aliphatic imine (C=N–C) groups is 1. The minimum absolute atomic E-state index is 0. The maximum absolute atomic E-state index is 12.8. The molecule has 2 atom stereocenters. The Morgan fingerprint density at radius 3 is 2.81 bits per heavy atom. The number of aliphatic hydroxyl groups is 1. The molecule has 2 aromatic rings. The molecule has 1 aliphatic rings. The van der Waals surface area contributed by atoms with E-state index in [1.54, 1.807) is 0 Å². The molecular weight excluding hydrogens is 464 g/mol. The molecule has 27 heavy (non-hydrogen) atoms. The van der Waals surface area contributed by atoms with Crippen LogP contribution in [-0.2, 0) is 0 Å². The highest BCUT2D eigenvalue weighted by Gasteiger charge is 2.21. The molecule has 2 aromatic carbocycles. The Balaban J connectivity index is 0.00000261. The van der Waals surface area contributed by atoms with Gasteiger partial charge in [0.1, 0.15) is 30.0 Å². The fourth-order valence-electron chi connectivity index (χ4n) is 2.70. The average Bonchev–Trinajstić information content (AvgIpc) is 2.66. The fourth-order valence-corrected chi connectivity index (χ4v) is 2.70. The Kier molecular flexibility index (Phi) is 8.11. The van der Waals surface area contributed by atoms with Crippen molar-refractivity contribution >= 4 is 29.9 Å². The quantitative estimate of drug-likeness (QED) is 0.331. The number of halogens is 2. The summed E-state index contributed by atoms with van der Waals surface area (Å²) in [5.41, 5.74) is 6.98. The van der Waals surface area contributed by atoms with Crippen molar-refractivity contribution in [3.05, 3.63) is 59.9 Å². The van der Waals surface area contributed by atoms with Gasteiger partial charge in [-0.15, -0.1) is 24.0 Å². The van der Waals surface area contributed by atoms with Crippen LogP contribution >= 0.6 is 24.0 Å². The van der Waals surface area contributed by atoms with Gasteiger partial charge in [-0.25, -0.2) is 4.39 Å². The van der Waals surface area contributed by atoms with Gasteiger partial charge in [-0.05, 0) is 30.3 Å². The highest BCUT2D eigenvalue weighted by Crippen LogP contribution is 2.31. The number of hydrogen-bond donors (Lipinski definition) is 3. The van der Waals surface area contributed by atoms with Crippen molar-refractivity contribution in [2.75, 3.05) is 19.8 Å². The van der Waals surface area contributed by atoms with Crippen LogP contribution in [0.15, 0.2) is 53.5 Å². The summed E-state index contributed by atoms with van der Waals surface area (Å²) in [4.78, 5) is 4.17. The average molecular weight is 487 g/mol. The van der Waals surface area contributed by atoms with E-state index in [1.807, 2.05) is 24.3 Å². The van der Waals surface area contributed by atoms with Crippen molar-refractivity contribution < 1.29 is 19.0 Å². The molecule has 0 saturated heterocycles. The van der Waals surface area contributed by atoms with Crippen LogP contribution in [0.1, 0.15) is 18.0 Å². The van der Waals surface area contributed by atoms with Crippen LogP contribution in [0.5, 0.6) is 11.5 Å². The number of para-hydroxylation sites is 1. The molecule has 0 aromatic heterocycles. The number of guanidine groups is 1. The molecule has 6 nitrogen and oxygen atoms in total. The van der Waals surface area contributed by atoms with E-state index in [-0.39, 0.29) is 54.9 Å². The Labute approximate surface area is 174 Å². The first-order valence-corrected chi connectivity index (χ1v) is 8.46. The van der Waals surface area contributed by atoms with Gasteiger partial charge in [0.25, 0.3) is 0 Å². The molecule has 4 N–H and O–H groups in total. The van der Waals surface area contributed by atoms with Crippen molar-refractivity contribution in [3.8, 4) is 11.5 Å². The van der Waals surface area contributed by atoms with E-state index in [0.29, 0.717) is 12.4 Å². The van der Waals surface area contributed by atoms with E-state index in [9.17, 15) is 9.50 Å². The SMILES string of the molecule is I.NC(=NCC(O)COc1ccc(F)cc1)NC1CCOc2ccccc21. The number of aliphatic hydroxyl groups excluding tert-OH is 1. The Morgan fingerprint density at radius 2 is 2.04 bits per heavy atom. The van der Waals surface area contributed by atoms with Crippen LogP contribution < -0.4 is 20.5 Å². The zero-order valence-corrected chi connectivity index (χ0v) is 17.0. The summed E-state index contributed by atoms with van der Waals surface area (Å²) < 4.78 is 23.8. The molecule has 1 heterocycles. The predicted octanol–water partition coefficient (Wildman–Crippen LogP) is 2.61. The molecule has 0 saturated carbocycles. The minimum Gasteiger partial charge on any atom is -0.493 e. The molecule has 0 radical (unpaired) electrons. The summed E-state index contributed by atoms with van der Waals surface area (Å²) in [6.45, 7) is 0.753. The number of hydrogen-bond acceptors (Lipinski definition) is 4. The van der Waals surface area contributed by atoms with Crippen molar-refractivity contribution in [1.82, 2.24) is 5.32 Å². The van der Waals surface area contributed by atoms with Crippen molar-refractivity contribution in [3.63, 3.8) is 0 Å². The third-order valence-electron chi connectivity index (χ3n) is 4.01. The first-order chi connectivity index (χ1) is 12.6. The first-order valence-electron chi connectivity index (χ1n) is 8.46. The number of nitrogens with two attached hydrogens (primary N) is 1.